The van der Waals surface area contributed by atoms with Crippen LogP contribution < -0.4 is 5.32 Å². The molecule has 2 aromatic rings. The number of carbonyl (C=O) groups excluding carboxylic acids is 1. The van der Waals surface area contributed by atoms with E-state index < -0.39 is 0 Å². The molecule has 0 bridgehead atoms. The third kappa shape index (κ3) is 4.08. The van der Waals surface area contributed by atoms with E-state index >= 15 is 0 Å². The molecule has 1 atom stereocenters. The first-order valence-corrected chi connectivity index (χ1v) is 10.3. The highest BCUT2D eigenvalue weighted by Gasteiger charge is 2.24. The van der Waals surface area contributed by atoms with Gasteiger partial charge in [-0.05, 0) is 48.9 Å². The molecule has 0 radical (unpaired) electrons. The number of thioether (sulfide) groups is 1. The molecule has 1 N–H and O–H groups in total. The summed E-state index contributed by atoms with van der Waals surface area (Å²) in [5.74, 6) is 0.500. The third-order valence-corrected chi connectivity index (χ3v) is 6.49. The Balaban J connectivity index is 1.83. The zero-order valence-electron chi connectivity index (χ0n) is 14.8. The molecule has 130 valence electrons. The molecular formula is C20H22N2OS2. The van der Waals surface area contributed by atoms with Crippen LogP contribution in [0.4, 0.5) is 5.00 Å². The van der Waals surface area contributed by atoms with Gasteiger partial charge in [0.25, 0.3) is 5.91 Å². The van der Waals surface area contributed by atoms with Crippen LogP contribution >= 0.6 is 23.1 Å². The Morgan fingerprint density at radius 1 is 1.44 bits per heavy atom. The van der Waals surface area contributed by atoms with E-state index in [1.807, 2.05) is 24.3 Å². The van der Waals surface area contributed by atoms with Crippen molar-refractivity contribution in [2.24, 2.45) is 5.92 Å². The molecule has 1 unspecified atom stereocenters. The fraction of sp³-hybridized carbons (Fsp3) is 0.400. The molecule has 0 saturated carbocycles. The zero-order valence-corrected chi connectivity index (χ0v) is 16.4. The Kier molecular flexibility index (Phi) is 5.51. The molecule has 0 spiro atoms. The molecule has 1 aromatic carbocycles. The highest BCUT2D eigenvalue weighted by molar-refractivity contribution is 7.99. The summed E-state index contributed by atoms with van der Waals surface area (Å²) >= 11 is 3.30. The van der Waals surface area contributed by atoms with Crippen LogP contribution in [-0.2, 0) is 12.8 Å². The molecule has 5 heteroatoms. The molecule has 0 saturated heterocycles. The lowest BCUT2D eigenvalue weighted by atomic mass is 9.88. The highest BCUT2D eigenvalue weighted by atomic mass is 32.2. The van der Waals surface area contributed by atoms with E-state index in [0.717, 1.165) is 29.7 Å². The smallest absolute Gasteiger partial charge is 0.256 e. The van der Waals surface area contributed by atoms with Crippen molar-refractivity contribution in [3.63, 3.8) is 0 Å². The van der Waals surface area contributed by atoms with Gasteiger partial charge < -0.3 is 5.32 Å². The number of fused-ring (bicyclic) bond motifs is 1. The number of amides is 1. The lowest BCUT2D eigenvalue weighted by Gasteiger charge is -2.17. The van der Waals surface area contributed by atoms with Crippen molar-refractivity contribution >= 4 is 34.0 Å². The molecule has 1 heterocycles. The Bertz CT molecular complexity index is 833. The molecule has 1 aliphatic rings. The Morgan fingerprint density at radius 2 is 2.24 bits per heavy atom. The number of rotatable bonds is 4. The van der Waals surface area contributed by atoms with Crippen molar-refractivity contribution in [2.75, 3.05) is 5.32 Å². The van der Waals surface area contributed by atoms with Crippen molar-refractivity contribution in [3.05, 3.63) is 45.8 Å². The number of nitrogens with one attached hydrogen (secondary N) is 1. The van der Waals surface area contributed by atoms with Crippen molar-refractivity contribution in [1.29, 1.82) is 5.26 Å². The first-order valence-electron chi connectivity index (χ1n) is 8.60. The number of benzene rings is 1. The summed E-state index contributed by atoms with van der Waals surface area (Å²) < 4.78 is 0. The second-order valence-electron chi connectivity index (χ2n) is 6.82. The molecule has 3 rings (SSSR count). The van der Waals surface area contributed by atoms with Crippen LogP contribution in [0.3, 0.4) is 0 Å². The quantitative estimate of drug-likeness (QED) is 0.723. The van der Waals surface area contributed by atoms with Gasteiger partial charge in [-0.2, -0.15) is 5.26 Å². The molecule has 1 amide bonds. The van der Waals surface area contributed by atoms with Gasteiger partial charge in [0, 0.05) is 20.6 Å². The largest absolute Gasteiger partial charge is 0.312 e. The van der Waals surface area contributed by atoms with Crippen LogP contribution in [0.5, 0.6) is 0 Å². The van der Waals surface area contributed by atoms with Gasteiger partial charge in [-0.15, -0.1) is 23.1 Å². The minimum Gasteiger partial charge on any atom is -0.312 e. The van der Waals surface area contributed by atoms with Gasteiger partial charge in [0.05, 0.1) is 5.56 Å². The van der Waals surface area contributed by atoms with Gasteiger partial charge >= 0.3 is 0 Å². The van der Waals surface area contributed by atoms with E-state index in [2.05, 4.69) is 32.2 Å². The molecule has 3 nitrogen and oxygen atoms in total. The number of carbonyl (C=O) groups is 1. The predicted octanol–water partition coefficient (Wildman–Crippen LogP) is 5.50. The van der Waals surface area contributed by atoms with Crippen molar-refractivity contribution in [1.82, 2.24) is 0 Å². The maximum Gasteiger partial charge on any atom is 0.256 e. The Labute approximate surface area is 157 Å². The van der Waals surface area contributed by atoms with E-state index in [4.69, 9.17) is 0 Å². The average Bonchev–Trinajstić information content (AvgIpc) is 2.90. The Morgan fingerprint density at radius 3 is 2.96 bits per heavy atom. The lowest BCUT2D eigenvalue weighted by Crippen LogP contribution is -2.12. The van der Waals surface area contributed by atoms with Crippen LogP contribution in [0.2, 0.25) is 0 Å². The predicted molar refractivity (Wildman–Crippen MR) is 106 cm³/mol. The molecular weight excluding hydrogens is 348 g/mol. The number of anilines is 1. The van der Waals surface area contributed by atoms with Crippen molar-refractivity contribution < 1.29 is 4.79 Å². The van der Waals surface area contributed by atoms with Gasteiger partial charge in [0.2, 0.25) is 0 Å². The molecule has 0 aliphatic heterocycles. The minimum absolute atomic E-state index is 0.144. The van der Waals surface area contributed by atoms with Crippen LogP contribution in [-0.4, -0.2) is 11.2 Å². The average molecular weight is 371 g/mol. The SMILES string of the molecule is CC1CCc2c(sc(NC(=O)c3cccc(SC(C)C)c3)c2C#N)C1. The molecule has 25 heavy (non-hydrogen) atoms. The third-order valence-electron chi connectivity index (χ3n) is 4.32. The van der Waals surface area contributed by atoms with Crippen LogP contribution in [0.1, 0.15) is 53.6 Å². The fourth-order valence-electron chi connectivity index (χ4n) is 3.12. The fourth-order valence-corrected chi connectivity index (χ4v) is 5.37. The summed E-state index contributed by atoms with van der Waals surface area (Å²) in [7, 11) is 0. The van der Waals surface area contributed by atoms with Gasteiger partial charge in [-0.1, -0.05) is 26.8 Å². The maximum absolute atomic E-state index is 12.7. The minimum atomic E-state index is -0.144. The second kappa shape index (κ2) is 7.63. The normalized spacial score (nSPS) is 16.4. The van der Waals surface area contributed by atoms with Crippen LogP contribution in [0.15, 0.2) is 29.2 Å². The second-order valence-corrected chi connectivity index (χ2v) is 9.57. The first kappa shape index (κ1) is 18.0. The topological polar surface area (TPSA) is 52.9 Å². The molecule has 0 fully saturated rings. The maximum atomic E-state index is 12.7. The van der Waals surface area contributed by atoms with Gasteiger partial charge in [0.1, 0.15) is 11.1 Å². The number of thiophene rings is 1. The monoisotopic (exact) mass is 370 g/mol. The van der Waals surface area contributed by atoms with Crippen LogP contribution in [0.25, 0.3) is 0 Å². The zero-order chi connectivity index (χ0) is 18.0. The van der Waals surface area contributed by atoms with Crippen molar-refractivity contribution in [2.45, 2.75) is 50.2 Å². The Hall–Kier alpha value is -1.77. The van der Waals surface area contributed by atoms with E-state index in [1.165, 1.54) is 4.88 Å². The van der Waals surface area contributed by atoms with Crippen LogP contribution in [0, 0.1) is 17.2 Å². The summed E-state index contributed by atoms with van der Waals surface area (Å²) in [5.41, 5.74) is 2.44. The summed E-state index contributed by atoms with van der Waals surface area (Å²) in [6.45, 7) is 6.51. The number of nitriles is 1. The number of hydrogen-bond acceptors (Lipinski definition) is 4. The lowest BCUT2D eigenvalue weighted by molar-refractivity contribution is 0.102. The number of hydrogen-bond donors (Lipinski definition) is 1. The van der Waals surface area contributed by atoms with E-state index in [0.29, 0.717) is 27.3 Å². The van der Waals surface area contributed by atoms with E-state index in [-0.39, 0.29) is 5.91 Å². The molecule has 1 aliphatic carbocycles. The van der Waals surface area contributed by atoms with Gasteiger partial charge in [-0.3, -0.25) is 4.79 Å². The van der Waals surface area contributed by atoms with E-state index in [1.54, 1.807) is 23.1 Å². The van der Waals surface area contributed by atoms with E-state index in [9.17, 15) is 10.1 Å². The first-order chi connectivity index (χ1) is 12.0. The standard InChI is InChI=1S/C20H22N2OS2/c1-12(2)24-15-6-4-5-14(10-15)19(23)22-20-17(11-21)16-8-7-13(3)9-18(16)25-20/h4-6,10,12-13H,7-9H2,1-3H3,(H,22,23). The van der Waals surface area contributed by atoms with Crippen molar-refractivity contribution in [3.8, 4) is 6.07 Å². The highest BCUT2D eigenvalue weighted by Crippen LogP contribution is 2.39. The molecule has 1 aromatic heterocycles. The van der Waals surface area contributed by atoms with Gasteiger partial charge in [0.15, 0.2) is 0 Å². The summed E-state index contributed by atoms with van der Waals surface area (Å²) in [6, 6.07) is 9.97. The summed E-state index contributed by atoms with van der Waals surface area (Å²) in [4.78, 5) is 15.0. The summed E-state index contributed by atoms with van der Waals surface area (Å²) in [5, 5.41) is 13.7. The number of nitrogens with zero attached hydrogens (tertiary/aromatic N) is 1. The summed E-state index contributed by atoms with van der Waals surface area (Å²) in [6.07, 6.45) is 3.05. The van der Waals surface area contributed by atoms with Gasteiger partial charge in [-0.25, -0.2) is 0 Å².